The average molecular weight is 252 g/mol. The molecule has 0 fully saturated rings. The number of nitrogens with one attached hydrogen (secondary N) is 1. The number of tetrazole rings is 1. The van der Waals surface area contributed by atoms with Crippen LogP contribution < -0.4 is 0 Å². The molecule has 1 rings (SSSR count). The number of aromatic nitrogens is 4. The maximum Gasteiger partial charge on any atom is 0.353 e. The van der Waals surface area contributed by atoms with Crippen molar-refractivity contribution in [2.24, 2.45) is 0 Å². The fourth-order valence-corrected chi connectivity index (χ4v) is 3.12. The first-order chi connectivity index (χ1) is 6.89. The summed E-state index contributed by atoms with van der Waals surface area (Å²) in [5, 5.41) is 8.00. The molecular formula is C6H13N4O3PS. The quantitative estimate of drug-likeness (QED) is 0.545. The van der Waals surface area contributed by atoms with Gasteiger partial charge in [-0.3, -0.25) is 4.57 Å². The molecule has 9 heteroatoms. The van der Waals surface area contributed by atoms with Crippen LogP contribution in [0.1, 0.15) is 26.7 Å². The Hall–Kier alpha value is -0.560. The van der Waals surface area contributed by atoms with Crippen LogP contribution in [0.2, 0.25) is 0 Å². The zero-order valence-electron chi connectivity index (χ0n) is 8.41. The van der Waals surface area contributed by atoms with Crippen LogP contribution in [0.4, 0.5) is 0 Å². The lowest BCUT2D eigenvalue weighted by Gasteiger charge is -2.32. The van der Waals surface area contributed by atoms with Gasteiger partial charge in [-0.15, -0.1) is 0 Å². The number of hydrogen-bond donors (Lipinski definition) is 3. The van der Waals surface area contributed by atoms with Crippen LogP contribution in [0.15, 0.2) is 0 Å². The SMILES string of the molecule is CCC(CC)(n1[nH]nnc1=S)P(=O)(O)O. The van der Waals surface area contributed by atoms with Gasteiger partial charge in [0.15, 0.2) is 5.28 Å². The largest absolute Gasteiger partial charge is 0.353 e. The smallest absolute Gasteiger partial charge is 0.323 e. The van der Waals surface area contributed by atoms with Gasteiger partial charge in [-0.1, -0.05) is 24.2 Å². The van der Waals surface area contributed by atoms with Gasteiger partial charge >= 0.3 is 7.60 Å². The van der Waals surface area contributed by atoms with Crippen molar-refractivity contribution in [3.05, 3.63) is 4.77 Å². The molecule has 1 aromatic heterocycles. The minimum absolute atomic E-state index is 0.0435. The van der Waals surface area contributed by atoms with Gasteiger partial charge in [-0.25, -0.2) is 4.68 Å². The molecule has 0 aliphatic carbocycles. The zero-order valence-corrected chi connectivity index (χ0v) is 10.1. The van der Waals surface area contributed by atoms with Crippen LogP contribution in [0.25, 0.3) is 0 Å². The monoisotopic (exact) mass is 252 g/mol. The minimum atomic E-state index is -4.34. The summed E-state index contributed by atoms with van der Waals surface area (Å²) < 4.78 is 12.7. The van der Waals surface area contributed by atoms with Crippen molar-refractivity contribution in [3.63, 3.8) is 0 Å². The molecule has 0 saturated carbocycles. The second-order valence-electron chi connectivity index (χ2n) is 3.15. The van der Waals surface area contributed by atoms with E-state index in [1.165, 1.54) is 4.68 Å². The summed E-state index contributed by atoms with van der Waals surface area (Å²) in [5.41, 5.74) is 0. The highest BCUT2D eigenvalue weighted by Gasteiger charge is 2.47. The van der Waals surface area contributed by atoms with E-state index in [4.69, 9.17) is 12.2 Å². The highest BCUT2D eigenvalue weighted by atomic mass is 32.1. The highest BCUT2D eigenvalue weighted by molar-refractivity contribution is 7.71. The Morgan fingerprint density at radius 2 is 2.07 bits per heavy atom. The van der Waals surface area contributed by atoms with Crippen molar-refractivity contribution in [1.82, 2.24) is 20.2 Å². The Morgan fingerprint density at radius 3 is 2.33 bits per heavy atom. The Kier molecular flexibility index (Phi) is 3.44. The number of rotatable bonds is 4. The molecule has 0 radical (unpaired) electrons. The van der Waals surface area contributed by atoms with Crippen LogP contribution in [-0.2, 0) is 9.85 Å². The predicted octanol–water partition coefficient (Wildman–Crippen LogP) is 0.986. The summed E-state index contributed by atoms with van der Waals surface area (Å²) in [7, 11) is -4.34. The van der Waals surface area contributed by atoms with Crippen LogP contribution in [0.3, 0.4) is 0 Å². The van der Waals surface area contributed by atoms with Gasteiger partial charge in [0.05, 0.1) is 0 Å². The first-order valence-electron chi connectivity index (χ1n) is 4.45. The van der Waals surface area contributed by atoms with E-state index in [1.807, 2.05) is 0 Å². The number of hydrogen-bond acceptors (Lipinski definition) is 4. The molecule has 0 unspecified atom stereocenters. The van der Waals surface area contributed by atoms with E-state index in [2.05, 4.69) is 15.5 Å². The standard InChI is InChI=1S/C6H13N4O3PS/c1-3-6(4-2,14(11,12)13)10-5(15)7-8-9-10/h3-4H2,1-2H3,(H,7,9,15)(H2,11,12,13). The molecule has 86 valence electrons. The maximum absolute atomic E-state index is 11.5. The van der Waals surface area contributed by atoms with Gasteiger partial charge in [0.1, 0.15) is 0 Å². The van der Waals surface area contributed by atoms with Gasteiger partial charge in [0.2, 0.25) is 4.77 Å². The zero-order chi connectivity index (χ0) is 11.7. The first kappa shape index (κ1) is 12.5. The molecule has 7 nitrogen and oxygen atoms in total. The third-order valence-electron chi connectivity index (χ3n) is 2.56. The molecule has 1 aromatic rings. The van der Waals surface area contributed by atoms with Gasteiger partial charge < -0.3 is 9.79 Å². The molecule has 0 saturated heterocycles. The second-order valence-corrected chi connectivity index (χ2v) is 5.44. The molecule has 0 bridgehead atoms. The van der Waals surface area contributed by atoms with Gasteiger partial charge in [0.25, 0.3) is 0 Å². The van der Waals surface area contributed by atoms with Crippen molar-refractivity contribution in [1.29, 1.82) is 0 Å². The molecule has 0 amide bonds. The molecule has 1 heterocycles. The van der Waals surface area contributed by atoms with Crippen LogP contribution in [-0.4, -0.2) is 30.0 Å². The fraction of sp³-hybridized carbons (Fsp3) is 0.833. The van der Waals surface area contributed by atoms with E-state index < -0.39 is 12.9 Å². The van der Waals surface area contributed by atoms with Crippen molar-refractivity contribution in [2.75, 3.05) is 0 Å². The van der Waals surface area contributed by atoms with Crippen molar-refractivity contribution in [2.45, 2.75) is 32.0 Å². The fourth-order valence-electron chi connectivity index (χ4n) is 1.58. The molecule has 0 spiro atoms. The maximum atomic E-state index is 11.5. The van der Waals surface area contributed by atoms with E-state index in [1.54, 1.807) is 13.8 Å². The molecule has 0 aliphatic rings. The van der Waals surface area contributed by atoms with Gasteiger partial charge in [0, 0.05) is 0 Å². The topological polar surface area (TPSA) is 104 Å². The van der Waals surface area contributed by atoms with E-state index >= 15 is 0 Å². The summed E-state index contributed by atoms with van der Waals surface area (Å²) in [6.45, 7) is 3.37. The van der Waals surface area contributed by atoms with E-state index in [0.717, 1.165) is 0 Å². The number of aromatic amines is 1. The second kappa shape index (κ2) is 4.13. The van der Waals surface area contributed by atoms with Crippen molar-refractivity contribution in [3.8, 4) is 0 Å². The lowest BCUT2D eigenvalue weighted by atomic mass is 10.1. The molecular weight excluding hydrogens is 239 g/mol. The lowest BCUT2D eigenvalue weighted by Crippen LogP contribution is -2.33. The minimum Gasteiger partial charge on any atom is -0.323 e. The average Bonchev–Trinajstić information content (AvgIpc) is 2.53. The third-order valence-corrected chi connectivity index (χ3v) is 4.74. The van der Waals surface area contributed by atoms with Crippen LogP contribution in [0, 0.1) is 4.77 Å². The number of H-pyrrole nitrogens is 1. The third kappa shape index (κ3) is 1.90. The van der Waals surface area contributed by atoms with Gasteiger partial charge in [-0.05, 0) is 25.1 Å². The lowest BCUT2D eigenvalue weighted by molar-refractivity contribution is 0.244. The Labute approximate surface area is 91.6 Å². The van der Waals surface area contributed by atoms with E-state index in [0.29, 0.717) is 0 Å². The van der Waals surface area contributed by atoms with Crippen LogP contribution in [0.5, 0.6) is 0 Å². The van der Waals surface area contributed by atoms with Crippen LogP contribution >= 0.6 is 19.8 Å². The molecule has 0 aromatic carbocycles. The van der Waals surface area contributed by atoms with Gasteiger partial charge in [-0.2, -0.15) is 5.21 Å². The number of nitrogens with zero attached hydrogens (tertiary/aromatic N) is 3. The molecule has 3 N–H and O–H groups in total. The molecule has 0 atom stereocenters. The predicted molar refractivity (Wildman–Crippen MR) is 55.8 cm³/mol. The first-order valence-corrected chi connectivity index (χ1v) is 6.47. The normalized spacial score (nSPS) is 13.1. The molecule has 15 heavy (non-hydrogen) atoms. The Bertz CT molecular complexity index is 432. The summed E-state index contributed by atoms with van der Waals surface area (Å²) in [5.74, 6) is 0. The summed E-state index contributed by atoms with van der Waals surface area (Å²) in [6, 6.07) is 0. The highest BCUT2D eigenvalue weighted by Crippen LogP contribution is 2.57. The Balaban J connectivity index is 3.44. The summed E-state index contributed by atoms with van der Waals surface area (Å²) in [6.07, 6.45) is 0.484. The van der Waals surface area contributed by atoms with E-state index in [9.17, 15) is 14.4 Å². The summed E-state index contributed by atoms with van der Waals surface area (Å²) >= 11 is 4.85. The van der Waals surface area contributed by atoms with Crippen molar-refractivity contribution < 1.29 is 14.4 Å². The van der Waals surface area contributed by atoms with Crippen molar-refractivity contribution >= 4 is 19.8 Å². The van der Waals surface area contributed by atoms with E-state index in [-0.39, 0.29) is 17.6 Å². The Morgan fingerprint density at radius 1 is 1.53 bits per heavy atom. The molecule has 0 aliphatic heterocycles. The summed E-state index contributed by atoms with van der Waals surface area (Å²) in [4.78, 5) is 18.8.